The Balaban J connectivity index is 1.74. The summed E-state index contributed by atoms with van der Waals surface area (Å²) >= 11 is 0. The van der Waals surface area contributed by atoms with Gasteiger partial charge in [0.05, 0.1) is 18.8 Å². The van der Waals surface area contributed by atoms with Gasteiger partial charge in [-0.05, 0) is 25.0 Å². The largest absolute Gasteiger partial charge is 0.379 e. The number of aryl methyl sites for hydroxylation is 1. The maximum Gasteiger partial charge on any atom is 0.146 e. The summed E-state index contributed by atoms with van der Waals surface area (Å²) in [6.07, 6.45) is 2.94. The van der Waals surface area contributed by atoms with Gasteiger partial charge in [0.15, 0.2) is 0 Å². The van der Waals surface area contributed by atoms with Crippen molar-refractivity contribution < 1.29 is 4.74 Å². The van der Waals surface area contributed by atoms with Crippen molar-refractivity contribution in [1.82, 2.24) is 9.88 Å². The highest BCUT2D eigenvalue weighted by molar-refractivity contribution is 5.57. The molecular formula is C15H20N4O. The smallest absolute Gasteiger partial charge is 0.146 e. The molecule has 0 aliphatic carbocycles. The lowest BCUT2D eigenvalue weighted by Crippen LogP contribution is -2.44. The van der Waals surface area contributed by atoms with E-state index in [1.165, 1.54) is 0 Å². The van der Waals surface area contributed by atoms with Crippen LogP contribution in [0, 0.1) is 18.3 Å². The van der Waals surface area contributed by atoms with Crippen molar-refractivity contribution in [2.24, 2.45) is 0 Å². The monoisotopic (exact) mass is 272 g/mol. The minimum atomic E-state index is 0.563. The second kappa shape index (κ2) is 5.78. The van der Waals surface area contributed by atoms with Crippen molar-refractivity contribution >= 4 is 5.82 Å². The summed E-state index contributed by atoms with van der Waals surface area (Å²) in [6, 6.07) is 4.76. The Labute approximate surface area is 119 Å². The van der Waals surface area contributed by atoms with E-state index in [-0.39, 0.29) is 0 Å². The van der Waals surface area contributed by atoms with Gasteiger partial charge in [0.25, 0.3) is 0 Å². The third-order valence-corrected chi connectivity index (χ3v) is 4.28. The molecule has 1 atom stereocenters. The molecule has 2 fully saturated rings. The highest BCUT2D eigenvalue weighted by atomic mass is 16.5. The Morgan fingerprint density at radius 1 is 1.35 bits per heavy atom. The maximum atomic E-state index is 9.33. The fourth-order valence-electron chi connectivity index (χ4n) is 3.10. The lowest BCUT2D eigenvalue weighted by Gasteiger charge is -2.32. The molecule has 1 aromatic rings. The Kier molecular flexibility index (Phi) is 3.86. The number of nitriles is 1. The van der Waals surface area contributed by atoms with Crippen LogP contribution in [-0.4, -0.2) is 55.3 Å². The summed E-state index contributed by atoms with van der Waals surface area (Å²) in [5, 5.41) is 9.33. The van der Waals surface area contributed by atoms with Gasteiger partial charge in [-0.25, -0.2) is 4.98 Å². The van der Waals surface area contributed by atoms with E-state index in [1.54, 1.807) is 6.20 Å². The van der Waals surface area contributed by atoms with Crippen LogP contribution in [-0.2, 0) is 4.74 Å². The molecule has 0 radical (unpaired) electrons. The number of anilines is 1. The molecule has 0 aromatic carbocycles. The van der Waals surface area contributed by atoms with E-state index < -0.39 is 0 Å². The highest BCUT2D eigenvalue weighted by Gasteiger charge is 2.30. The highest BCUT2D eigenvalue weighted by Crippen LogP contribution is 2.26. The lowest BCUT2D eigenvalue weighted by molar-refractivity contribution is 0.0209. The quantitative estimate of drug-likeness (QED) is 0.809. The molecule has 0 amide bonds. The molecule has 0 N–H and O–H groups in total. The zero-order chi connectivity index (χ0) is 13.9. The first-order valence-corrected chi connectivity index (χ1v) is 7.22. The average molecular weight is 272 g/mol. The van der Waals surface area contributed by atoms with E-state index >= 15 is 0 Å². The number of hydrogen-bond donors (Lipinski definition) is 0. The first-order valence-electron chi connectivity index (χ1n) is 7.22. The van der Waals surface area contributed by atoms with Crippen molar-refractivity contribution in [1.29, 1.82) is 5.26 Å². The molecule has 3 rings (SSSR count). The molecular weight excluding hydrogens is 252 g/mol. The summed E-state index contributed by atoms with van der Waals surface area (Å²) in [5.41, 5.74) is 1.72. The topological polar surface area (TPSA) is 52.4 Å². The number of nitrogens with zero attached hydrogens (tertiary/aromatic N) is 4. The Bertz CT molecular complexity index is 519. The predicted octanol–water partition coefficient (Wildman–Crippen LogP) is 1.17. The van der Waals surface area contributed by atoms with Crippen LogP contribution < -0.4 is 4.90 Å². The van der Waals surface area contributed by atoms with E-state index in [2.05, 4.69) is 20.9 Å². The number of aromatic nitrogens is 1. The molecule has 0 bridgehead atoms. The van der Waals surface area contributed by atoms with Gasteiger partial charge in [0, 0.05) is 38.4 Å². The molecule has 20 heavy (non-hydrogen) atoms. The van der Waals surface area contributed by atoms with Crippen molar-refractivity contribution in [2.75, 3.05) is 44.3 Å². The van der Waals surface area contributed by atoms with Gasteiger partial charge in [-0.3, -0.25) is 4.90 Å². The second-order valence-corrected chi connectivity index (χ2v) is 5.48. The second-order valence-electron chi connectivity index (χ2n) is 5.48. The standard InChI is InChI=1S/C15H20N4O/c1-12-2-4-17-15(14(12)10-16)19-5-3-13(11-19)18-6-8-20-9-7-18/h2,4,13H,3,5-9,11H2,1H3. The van der Waals surface area contributed by atoms with Crippen LogP contribution in [0.25, 0.3) is 0 Å². The molecule has 5 nitrogen and oxygen atoms in total. The van der Waals surface area contributed by atoms with Crippen LogP contribution in [0.3, 0.4) is 0 Å². The fraction of sp³-hybridized carbons (Fsp3) is 0.600. The van der Waals surface area contributed by atoms with Crippen LogP contribution in [0.1, 0.15) is 17.5 Å². The Hall–Kier alpha value is -1.64. The molecule has 2 saturated heterocycles. The van der Waals surface area contributed by atoms with Gasteiger partial charge in [-0.2, -0.15) is 5.26 Å². The molecule has 0 saturated carbocycles. The molecule has 3 heterocycles. The van der Waals surface area contributed by atoms with Gasteiger partial charge < -0.3 is 9.64 Å². The normalized spacial score (nSPS) is 23.8. The SMILES string of the molecule is Cc1ccnc(N2CCC(N3CCOCC3)C2)c1C#N. The van der Waals surface area contributed by atoms with Gasteiger partial charge in [0.2, 0.25) is 0 Å². The fourth-order valence-corrected chi connectivity index (χ4v) is 3.10. The first-order chi connectivity index (χ1) is 9.79. The minimum absolute atomic E-state index is 0.563. The average Bonchev–Trinajstić information content (AvgIpc) is 2.97. The zero-order valence-corrected chi connectivity index (χ0v) is 11.9. The summed E-state index contributed by atoms with van der Waals surface area (Å²) in [5.74, 6) is 0.850. The van der Waals surface area contributed by atoms with Crippen LogP contribution in [0.15, 0.2) is 12.3 Å². The molecule has 5 heteroatoms. The number of ether oxygens (including phenoxy) is 1. The van der Waals surface area contributed by atoms with Crippen molar-refractivity contribution in [3.63, 3.8) is 0 Å². The van der Waals surface area contributed by atoms with Crippen molar-refractivity contribution in [2.45, 2.75) is 19.4 Å². The van der Waals surface area contributed by atoms with E-state index in [0.29, 0.717) is 6.04 Å². The number of morpholine rings is 1. The van der Waals surface area contributed by atoms with E-state index in [9.17, 15) is 5.26 Å². The van der Waals surface area contributed by atoms with E-state index in [0.717, 1.165) is 62.8 Å². The Morgan fingerprint density at radius 3 is 2.90 bits per heavy atom. The number of rotatable bonds is 2. The lowest BCUT2D eigenvalue weighted by atomic mass is 10.1. The third-order valence-electron chi connectivity index (χ3n) is 4.28. The van der Waals surface area contributed by atoms with Crippen molar-refractivity contribution in [3.8, 4) is 6.07 Å². The van der Waals surface area contributed by atoms with Crippen LogP contribution in [0.2, 0.25) is 0 Å². The summed E-state index contributed by atoms with van der Waals surface area (Å²) in [7, 11) is 0. The summed E-state index contributed by atoms with van der Waals surface area (Å²) in [4.78, 5) is 9.19. The number of pyridine rings is 1. The van der Waals surface area contributed by atoms with Crippen LogP contribution in [0.5, 0.6) is 0 Å². The van der Waals surface area contributed by atoms with Crippen LogP contribution >= 0.6 is 0 Å². The molecule has 2 aliphatic rings. The predicted molar refractivity (Wildman–Crippen MR) is 76.7 cm³/mol. The molecule has 0 spiro atoms. The molecule has 1 unspecified atom stereocenters. The summed E-state index contributed by atoms with van der Waals surface area (Å²) in [6.45, 7) is 7.62. The van der Waals surface area contributed by atoms with E-state index in [1.807, 2.05) is 13.0 Å². The Morgan fingerprint density at radius 2 is 2.15 bits per heavy atom. The van der Waals surface area contributed by atoms with Gasteiger partial charge in [-0.1, -0.05) is 0 Å². The molecule has 1 aromatic heterocycles. The van der Waals surface area contributed by atoms with Gasteiger partial charge in [-0.15, -0.1) is 0 Å². The van der Waals surface area contributed by atoms with E-state index in [4.69, 9.17) is 4.74 Å². The van der Waals surface area contributed by atoms with Gasteiger partial charge in [0.1, 0.15) is 11.9 Å². The molecule has 2 aliphatic heterocycles. The third kappa shape index (κ3) is 2.49. The zero-order valence-electron chi connectivity index (χ0n) is 11.9. The van der Waals surface area contributed by atoms with Crippen molar-refractivity contribution in [3.05, 3.63) is 23.4 Å². The number of hydrogen-bond acceptors (Lipinski definition) is 5. The minimum Gasteiger partial charge on any atom is -0.379 e. The van der Waals surface area contributed by atoms with Gasteiger partial charge >= 0.3 is 0 Å². The van der Waals surface area contributed by atoms with Crippen LogP contribution in [0.4, 0.5) is 5.82 Å². The first kappa shape index (κ1) is 13.3. The molecule has 106 valence electrons. The summed E-state index contributed by atoms with van der Waals surface area (Å²) < 4.78 is 5.41. The maximum absolute atomic E-state index is 9.33.